The average Bonchev–Trinajstić information content (AvgIpc) is 3.89. The van der Waals surface area contributed by atoms with Gasteiger partial charge in [-0.15, -0.1) is 22.7 Å². The van der Waals surface area contributed by atoms with Crippen molar-refractivity contribution in [1.82, 2.24) is 19.8 Å². The van der Waals surface area contributed by atoms with E-state index in [2.05, 4.69) is 76.8 Å². The fourth-order valence-corrected chi connectivity index (χ4v) is 9.68. The Kier molecular flexibility index (Phi) is 15.2. The van der Waals surface area contributed by atoms with Crippen LogP contribution in [0.15, 0.2) is 48.8 Å². The van der Waals surface area contributed by atoms with Crippen molar-refractivity contribution in [3.05, 3.63) is 69.7 Å². The number of likely N-dealkylation sites (tertiary alicyclic amines) is 1. The molecule has 0 radical (unpaired) electrons. The van der Waals surface area contributed by atoms with Crippen molar-refractivity contribution in [2.45, 2.75) is 84.7 Å². The molecular weight excluding hydrogens is 769 g/mol. The lowest BCUT2D eigenvalue weighted by Crippen LogP contribution is -2.35. The Bertz CT molecular complexity index is 1790. The van der Waals surface area contributed by atoms with Gasteiger partial charge < -0.3 is 25.2 Å². The third-order valence-corrected chi connectivity index (χ3v) is 12.9. The molecule has 4 aliphatic heterocycles. The Balaban J connectivity index is 0.000000177. The smallest absolute Gasteiger partial charge is 0.325 e. The first-order chi connectivity index (χ1) is 28.3. The van der Waals surface area contributed by atoms with Crippen molar-refractivity contribution >= 4 is 67.7 Å². The van der Waals surface area contributed by atoms with Crippen LogP contribution in [0.4, 0.5) is 42.6 Å². The summed E-state index contributed by atoms with van der Waals surface area (Å²) in [6.45, 7) is 15.9. The number of carbonyl (C=O) groups excluding carboxylic acids is 2. The second-order valence-corrected chi connectivity index (χ2v) is 18.0. The monoisotopic (exact) mass is 828 g/mol. The third kappa shape index (κ3) is 12.4. The highest BCUT2D eigenvalue weighted by Gasteiger charge is 2.20. The van der Waals surface area contributed by atoms with Gasteiger partial charge in [0, 0.05) is 74.5 Å². The number of hydrogen-bond donors (Lipinski definition) is 4. The molecule has 4 aliphatic rings. The third-order valence-electron chi connectivity index (χ3n) is 11.1. The fraction of sp³-hybridized carbons (Fsp3) is 0.535. The van der Waals surface area contributed by atoms with Crippen LogP contribution < -0.4 is 31.1 Å². The Morgan fingerprint density at radius 1 is 0.569 bits per heavy atom. The molecule has 0 bridgehead atoms. The van der Waals surface area contributed by atoms with Crippen LogP contribution in [0.2, 0.25) is 0 Å². The summed E-state index contributed by atoms with van der Waals surface area (Å²) in [5.41, 5.74) is 6.33. The van der Waals surface area contributed by atoms with Crippen LogP contribution in [-0.4, -0.2) is 97.4 Å². The van der Waals surface area contributed by atoms with E-state index in [0.717, 1.165) is 106 Å². The van der Waals surface area contributed by atoms with Gasteiger partial charge in [0.2, 0.25) is 0 Å². The number of benzene rings is 2. The number of nitrogens with one attached hydrogen (secondary N) is 4. The highest BCUT2D eigenvalue weighted by molar-refractivity contribution is 7.16. The summed E-state index contributed by atoms with van der Waals surface area (Å²) in [5, 5.41) is 13.1. The maximum Gasteiger partial charge on any atom is 0.325 e. The van der Waals surface area contributed by atoms with Gasteiger partial charge in [-0.05, 0) is 114 Å². The molecule has 4 aromatic rings. The van der Waals surface area contributed by atoms with Gasteiger partial charge in [-0.3, -0.25) is 20.4 Å². The Labute approximate surface area is 351 Å². The first kappa shape index (κ1) is 41.9. The highest BCUT2D eigenvalue weighted by atomic mass is 32.1. The predicted molar refractivity (Wildman–Crippen MR) is 239 cm³/mol. The Morgan fingerprint density at radius 3 is 1.43 bits per heavy atom. The zero-order valence-electron chi connectivity index (χ0n) is 34.2. The molecule has 4 amide bonds. The fourth-order valence-electron chi connectivity index (χ4n) is 7.98. The lowest BCUT2D eigenvalue weighted by atomic mass is 10.1. The molecule has 2 aromatic carbocycles. The number of urea groups is 2. The van der Waals surface area contributed by atoms with Gasteiger partial charge in [0.05, 0.1) is 36.0 Å². The molecule has 4 saturated heterocycles. The molecule has 0 aliphatic carbocycles. The van der Waals surface area contributed by atoms with Crippen molar-refractivity contribution in [3.8, 4) is 0 Å². The number of ether oxygens (including phenoxy) is 1. The predicted octanol–water partition coefficient (Wildman–Crippen LogP) is 8.99. The number of thiazole rings is 2. The molecule has 2 aromatic heterocycles. The van der Waals surface area contributed by atoms with Crippen molar-refractivity contribution in [3.63, 3.8) is 0 Å². The van der Waals surface area contributed by atoms with Gasteiger partial charge in [0.25, 0.3) is 0 Å². The molecule has 58 heavy (non-hydrogen) atoms. The number of carbonyl (C=O) groups is 2. The number of aryl methyl sites for hydroxylation is 2. The zero-order valence-corrected chi connectivity index (χ0v) is 35.8. The van der Waals surface area contributed by atoms with E-state index in [0.29, 0.717) is 10.3 Å². The molecule has 6 heterocycles. The lowest BCUT2D eigenvalue weighted by Gasteiger charge is -2.30. The molecule has 4 N–H and O–H groups in total. The normalized spacial score (nSPS) is 17.9. The summed E-state index contributed by atoms with van der Waals surface area (Å²) in [5.74, 6) is 0. The zero-order chi connectivity index (χ0) is 40.1. The minimum Gasteiger partial charge on any atom is -0.379 e. The van der Waals surface area contributed by atoms with E-state index in [1.807, 2.05) is 36.7 Å². The van der Waals surface area contributed by atoms with Crippen molar-refractivity contribution in [2.24, 2.45) is 0 Å². The van der Waals surface area contributed by atoms with Gasteiger partial charge in [0.15, 0.2) is 10.3 Å². The first-order valence-corrected chi connectivity index (χ1v) is 22.8. The van der Waals surface area contributed by atoms with E-state index >= 15 is 0 Å². The largest absolute Gasteiger partial charge is 0.379 e. The van der Waals surface area contributed by atoms with Crippen LogP contribution in [0, 0.1) is 13.8 Å². The summed E-state index contributed by atoms with van der Waals surface area (Å²) in [6, 6.07) is 11.9. The Morgan fingerprint density at radius 2 is 0.983 bits per heavy atom. The standard InChI is InChI=1S/C22H31N5OS.C21H29N5O2S/c1-17-8-9-19(20(14-17)27-12-6-3-7-13-27)24-21(28)25-22-23-15-18(29-22)16-26-10-4-2-5-11-26;1-16-5-6-18(19(13-16)26-7-3-2-4-8-26)23-20(27)24-21-22-14-17(29-21)15-25-9-11-28-12-10-25/h8-9,14-15H,2-7,10-13,16H2,1H3,(H2,23,24,25,28);5-6,13-14H,2-4,7-12,15H2,1H3,(H2,22,23,24,27). The quantitative estimate of drug-likeness (QED) is 0.124. The number of anilines is 6. The highest BCUT2D eigenvalue weighted by Crippen LogP contribution is 2.32. The molecular formula is C43H60N10O3S2. The van der Waals surface area contributed by atoms with Gasteiger partial charge >= 0.3 is 12.1 Å². The number of piperidine rings is 3. The molecule has 0 saturated carbocycles. The Hall–Kier alpha value is -4.28. The number of rotatable bonds is 10. The lowest BCUT2D eigenvalue weighted by molar-refractivity contribution is 0.0346. The molecule has 312 valence electrons. The van der Waals surface area contributed by atoms with E-state index in [1.54, 1.807) is 11.3 Å². The van der Waals surface area contributed by atoms with Crippen LogP contribution in [0.25, 0.3) is 0 Å². The summed E-state index contributed by atoms with van der Waals surface area (Å²) in [6.07, 6.45) is 15.0. The molecule has 15 heteroatoms. The summed E-state index contributed by atoms with van der Waals surface area (Å²) < 4.78 is 5.39. The number of nitrogens with zero attached hydrogens (tertiary/aromatic N) is 6. The van der Waals surface area contributed by atoms with Crippen LogP contribution in [0.3, 0.4) is 0 Å². The van der Waals surface area contributed by atoms with E-state index in [1.165, 1.54) is 85.1 Å². The van der Waals surface area contributed by atoms with Crippen LogP contribution in [0.1, 0.15) is 78.7 Å². The van der Waals surface area contributed by atoms with Crippen molar-refractivity contribution < 1.29 is 14.3 Å². The van der Waals surface area contributed by atoms with Crippen molar-refractivity contribution in [1.29, 1.82) is 0 Å². The van der Waals surface area contributed by atoms with Gasteiger partial charge in [-0.2, -0.15) is 0 Å². The van der Waals surface area contributed by atoms with Crippen LogP contribution >= 0.6 is 22.7 Å². The van der Waals surface area contributed by atoms with Crippen LogP contribution in [0.5, 0.6) is 0 Å². The molecule has 0 atom stereocenters. The minimum absolute atomic E-state index is 0.231. The van der Waals surface area contributed by atoms with E-state index < -0.39 is 0 Å². The molecule has 8 rings (SSSR count). The van der Waals surface area contributed by atoms with Gasteiger partial charge in [-0.25, -0.2) is 19.6 Å². The molecule has 4 fully saturated rings. The first-order valence-electron chi connectivity index (χ1n) is 21.1. The second-order valence-electron chi connectivity index (χ2n) is 15.8. The number of morpholine rings is 1. The number of aromatic nitrogens is 2. The molecule has 13 nitrogen and oxygen atoms in total. The van der Waals surface area contributed by atoms with E-state index in [-0.39, 0.29) is 12.1 Å². The summed E-state index contributed by atoms with van der Waals surface area (Å²) >= 11 is 3.09. The number of hydrogen-bond acceptors (Lipinski definition) is 11. The summed E-state index contributed by atoms with van der Waals surface area (Å²) in [7, 11) is 0. The van der Waals surface area contributed by atoms with Crippen molar-refractivity contribution in [2.75, 3.05) is 96.6 Å². The SMILES string of the molecule is Cc1ccc(NC(=O)Nc2ncc(CN3CCCCC3)s2)c(N2CCCCC2)c1.Cc1ccc(NC(=O)Nc2ncc(CN3CCOCC3)s2)c(N2CCCCC2)c1. The topological polar surface area (TPSA) is 130 Å². The summed E-state index contributed by atoms with van der Waals surface area (Å²) in [4.78, 5) is 45.9. The minimum atomic E-state index is -0.251. The second kappa shape index (κ2) is 21.1. The van der Waals surface area contributed by atoms with Crippen LogP contribution in [-0.2, 0) is 17.8 Å². The average molecular weight is 829 g/mol. The van der Waals surface area contributed by atoms with E-state index in [9.17, 15) is 9.59 Å². The molecule has 0 unspecified atom stereocenters. The molecule has 0 spiro atoms. The maximum absolute atomic E-state index is 12.6. The number of amides is 4. The maximum atomic E-state index is 12.6. The van der Waals surface area contributed by atoms with E-state index in [4.69, 9.17) is 4.74 Å². The van der Waals surface area contributed by atoms with Gasteiger partial charge in [0.1, 0.15) is 0 Å². The van der Waals surface area contributed by atoms with Gasteiger partial charge in [-0.1, -0.05) is 18.6 Å².